The lowest BCUT2D eigenvalue weighted by molar-refractivity contribution is -0.137. The number of carbonyl (C=O) groups excluding carboxylic acids is 2. The van der Waals surface area contributed by atoms with Crippen molar-refractivity contribution in [2.45, 2.75) is 57.9 Å². The van der Waals surface area contributed by atoms with E-state index in [0.29, 0.717) is 36.5 Å². The number of hydrogen-bond acceptors (Lipinski definition) is 10. The number of aromatic hydroxyl groups is 1. The topological polar surface area (TPSA) is 150 Å². The van der Waals surface area contributed by atoms with Crippen molar-refractivity contribution < 1.29 is 27.9 Å². The second kappa shape index (κ2) is 12.8. The molecule has 49 heavy (non-hydrogen) atoms. The first kappa shape index (κ1) is 33.9. The summed E-state index contributed by atoms with van der Waals surface area (Å²) in [6, 6.07) is 2.14. The summed E-state index contributed by atoms with van der Waals surface area (Å²) in [5.74, 6) is -0.890. The molecular formula is C32H33ClF3N9O4. The molecule has 2 aliphatic rings. The highest BCUT2D eigenvalue weighted by atomic mass is 35.5. The van der Waals surface area contributed by atoms with Crippen LogP contribution in [0.2, 0.25) is 5.02 Å². The number of aryl methyl sites for hydroxylation is 1. The fraction of sp³-hybridized carbons (Fsp3) is 0.406. The van der Waals surface area contributed by atoms with Crippen LogP contribution >= 0.6 is 11.6 Å². The van der Waals surface area contributed by atoms with Gasteiger partial charge in [-0.3, -0.25) is 14.4 Å². The molecule has 4 heterocycles. The van der Waals surface area contributed by atoms with Crippen molar-refractivity contribution in [1.82, 2.24) is 29.4 Å². The predicted octanol–water partition coefficient (Wildman–Crippen LogP) is 4.03. The molecule has 2 fully saturated rings. The molecule has 2 atom stereocenters. The number of amides is 2. The minimum Gasteiger partial charge on any atom is -0.504 e. The first-order valence-electron chi connectivity index (χ1n) is 15.6. The maximum Gasteiger partial charge on any atom is 0.416 e. The quantitative estimate of drug-likeness (QED) is 0.290. The standard InChI is InChI=1S/C32H33ClF3N9O4/c1-5-20-27(43-10-11-44(22-9-8-21(22)43)31(49)26-28(47)16(2)38-15-39-26)29(48)25-30(37-13-23(41-25)42(3)4)45(20)14-24(46)40-19-7-6-17(12-18(19)33)32(34,35)36/h6-7,12-13,15,21-22,47H,5,8-11,14H2,1-4H3,(H,40,46)/t21-,22-/m1/s1. The zero-order chi connectivity index (χ0) is 35.4. The minimum absolute atomic E-state index is 0.00714. The van der Waals surface area contributed by atoms with Crippen LogP contribution in [0, 0.1) is 6.92 Å². The molecule has 0 radical (unpaired) electrons. The van der Waals surface area contributed by atoms with E-state index in [1.54, 1.807) is 35.4 Å². The summed E-state index contributed by atoms with van der Waals surface area (Å²) in [5, 5.41) is 12.8. The van der Waals surface area contributed by atoms with Crippen molar-refractivity contribution >= 4 is 51.8 Å². The lowest BCUT2D eigenvalue weighted by Crippen LogP contribution is -2.67. The van der Waals surface area contributed by atoms with Crippen molar-refractivity contribution in [2.75, 3.05) is 42.3 Å². The number of aromatic nitrogens is 5. The number of pyridine rings is 1. The summed E-state index contributed by atoms with van der Waals surface area (Å²) in [5.41, 5.74) is -0.0865. The molecule has 1 aromatic carbocycles. The molecule has 258 valence electrons. The van der Waals surface area contributed by atoms with E-state index in [0.717, 1.165) is 18.2 Å². The molecule has 13 nitrogen and oxygen atoms in total. The fourth-order valence-corrected chi connectivity index (χ4v) is 6.64. The zero-order valence-corrected chi connectivity index (χ0v) is 27.8. The molecule has 1 aliphatic heterocycles. The van der Waals surface area contributed by atoms with Gasteiger partial charge >= 0.3 is 6.18 Å². The molecular weight excluding hydrogens is 667 g/mol. The van der Waals surface area contributed by atoms with Crippen LogP contribution in [0.5, 0.6) is 5.75 Å². The Morgan fingerprint density at radius 2 is 1.86 bits per heavy atom. The van der Waals surface area contributed by atoms with E-state index in [-0.39, 0.29) is 76.2 Å². The molecule has 3 aromatic heterocycles. The van der Waals surface area contributed by atoms with Crippen molar-refractivity contribution in [2.24, 2.45) is 0 Å². The van der Waals surface area contributed by atoms with Crippen molar-refractivity contribution in [3.05, 3.63) is 68.6 Å². The molecule has 0 spiro atoms. The summed E-state index contributed by atoms with van der Waals surface area (Å²) in [4.78, 5) is 63.8. The highest BCUT2D eigenvalue weighted by molar-refractivity contribution is 6.33. The third-order valence-electron chi connectivity index (χ3n) is 9.03. The first-order chi connectivity index (χ1) is 23.2. The van der Waals surface area contributed by atoms with Crippen LogP contribution in [-0.4, -0.2) is 85.6 Å². The number of fused-ring (bicyclic) bond motifs is 2. The van der Waals surface area contributed by atoms with Crippen LogP contribution < -0.4 is 20.5 Å². The Morgan fingerprint density at radius 1 is 1.12 bits per heavy atom. The summed E-state index contributed by atoms with van der Waals surface area (Å²) in [7, 11) is 3.51. The van der Waals surface area contributed by atoms with Gasteiger partial charge in [-0.2, -0.15) is 13.2 Å². The van der Waals surface area contributed by atoms with Crippen molar-refractivity contribution in [3.8, 4) is 5.75 Å². The van der Waals surface area contributed by atoms with E-state index in [1.165, 1.54) is 12.5 Å². The molecule has 2 N–H and O–H groups in total. The summed E-state index contributed by atoms with van der Waals surface area (Å²) >= 11 is 6.11. The Bertz CT molecular complexity index is 2040. The van der Waals surface area contributed by atoms with Crippen LogP contribution in [0.15, 0.2) is 35.5 Å². The van der Waals surface area contributed by atoms with Gasteiger partial charge in [-0.1, -0.05) is 18.5 Å². The molecule has 17 heteroatoms. The number of hydrogen-bond donors (Lipinski definition) is 2. The first-order valence-corrected chi connectivity index (χ1v) is 15.9. The van der Waals surface area contributed by atoms with Gasteiger partial charge in [0.2, 0.25) is 11.3 Å². The average Bonchev–Trinajstić information content (AvgIpc) is 3.03. The zero-order valence-electron chi connectivity index (χ0n) is 27.0. The lowest BCUT2D eigenvalue weighted by atomic mass is 9.81. The van der Waals surface area contributed by atoms with Gasteiger partial charge in [-0.05, 0) is 44.4 Å². The number of alkyl halides is 3. The Balaban J connectivity index is 1.38. The van der Waals surface area contributed by atoms with Gasteiger partial charge < -0.3 is 29.7 Å². The smallest absolute Gasteiger partial charge is 0.416 e. The maximum atomic E-state index is 14.3. The van der Waals surface area contributed by atoms with Gasteiger partial charge in [0.25, 0.3) is 5.91 Å². The Labute approximate surface area is 283 Å². The number of halogens is 4. The van der Waals surface area contributed by atoms with Gasteiger partial charge in [-0.25, -0.2) is 19.9 Å². The number of benzene rings is 1. The fourth-order valence-electron chi connectivity index (χ4n) is 6.42. The van der Waals surface area contributed by atoms with E-state index in [4.69, 9.17) is 11.6 Å². The molecule has 2 amide bonds. The summed E-state index contributed by atoms with van der Waals surface area (Å²) in [6.45, 7) is 3.58. The highest BCUT2D eigenvalue weighted by Crippen LogP contribution is 2.39. The predicted molar refractivity (Wildman–Crippen MR) is 176 cm³/mol. The van der Waals surface area contributed by atoms with E-state index < -0.39 is 23.6 Å². The number of carbonyl (C=O) groups is 2. The molecule has 1 saturated heterocycles. The summed E-state index contributed by atoms with van der Waals surface area (Å²) < 4.78 is 41.1. The number of anilines is 3. The molecule has 1 aliphatic carbocycles. The number of rotatable bonds is 7. The monoisotopic (exact) mass is 699 g/mol. The second-order valence-electron chi connectivity index (χ2n) is 12.2. The van der Waals surface area contributed by atoms with Crippen LogP contribution in [-0.2, 0) is 23.9 Å². The normalized spacial score (nSPS) is 17.5. The Morgan fingerprint density at radius 3 is 2.49 bits per heavy atom. The number of piperazine rings is 1. The third kappa shape index (κ3) is 6.09. The van der Waals surface area contributed by atoms with Crippen molar-refractivity contribution in [1.29, 1.82) is 0 Å². The van der Waals surface area contributed by atoms with Crippen LogP contribution in [0.25, 0.3) is 11.2 Å². The lowest BCUT2D eigenvalue weighted by Gasteiger charge is -2.54. The average molecular weight is 700 g/mol. The molecule has 1 saturated carbocycles. The number of nitrogens with one attached hydrogen (secondary N) is 1. The molecule has 0 bridgehead atoms. The maximum absolute atomic E-state index is 14.3. The van der Waals surface area contributed by atoms with Crippen LogP contribution in [0.3, 0.4) is 0 Å². The minimum atomic E-state index is -4.60. The van der Waals surface area contributed by atoms with E-state index in [2.05, 4.69) is 25.3 Å². The highest BCUT2D eigenvalue weighted by Gasteiger charge is 2.47. The van der Waals surface area contributed by atoms with Gasteiger partial charge in [0.05, 0.1) is 34.2 Å². The van der Waals surface area contributed by atoms with Gasteiger partial charge in [0.15, 0.2) is 22.6 Å². The largest absolute Gasteiger partial charge is 0.504 e. The Hall–Kier alpha value is -4.99. The Kier molecular flexibility index (Phi) is 8.85. The van der Waals surface area contributed by atoms with Crippen LogP contribution in [0.4, 0.5) is 30.4 Å². The molecule has 4 aromatic rings. The number of nitrogens with zero attached hydrogens (tertiary/aromatic N) is 8. The SMILES string of the molecule is CCc1c(N2CCN(C(=O)c3ncnc(C)c3O)[C@@H]3CC[C@H]32)c(=O)c2nc(N(C)C)cnc2n1CC(=O)Nc1ccc(C(F)(F)F)cc1Cl. The molecule has 6 rings (SSSR count). The van der Waals surface area contributed by atoms with Crippen LogP contribution in [0.1, 0.15) is 47.2 Å². The second-order valence-corrected chi connectivity index (χ2v) is 12.6. The van der Waals surface area contributed by atoms with Gasteiger partial charge in [0.1, 0.15) is 24.4 Å². The van der Waals surface area contributed by atoms with Gasteiger partial charge in [-0.15, -0.1) is 0 Å². The van der Waals surface area contributed by atoms with E-state index in [1.807, 2.05) is 11.8 Å². The third-order valence-corrected chi connectivity index (χ3v) is 9.34. The van der Waals surface area contributed by atoms with Gasteiger partial charge in [0, 0.05) is 38.9 Å². The van der Waals surface area contributed by atoms with E-state index in [9.17, 15) is 32.7 Å². The van der Waals surface area contributed by atoms with E-state index >= 15 is 0 Å². The molecule has 0 unspecified atom stereocenters. The van der Waals surface area contributed by atoms with Crippen molar-refractivity contribution in [3.63, 3.8) is 0 Å². The summed E-state index contributed by atoms with van der Waals surface area (Å²) in [6.07, 6.45) is -0.226.